The Morgan fingerprint density at radius 3 is 2.85 bits per heavy atom. The molecule has 0 aromatic heterocycles. The first kappa shape index (κ1) is 15.6. The first-order valence-electron chi connectivity index (χ1n) is 7.51. The zero-order valence-corrected chi connectivity index (χ0v) is 13.2. The maximum atomic E-state index is 6.16. The Morgan fingerprint density at radius 1 is 1.40 bits per heavy atom. The predicted octanol–water partition coefficient (Wildman–Crippen LogP) is 3.45. The van der Waals surface area contributed by atoms with Crippen LogP contribution in [-0.4, -0.2) is 32.8 Å². The summed E-state index contributed by atoms with van der Waals surface area (Å²) in [4.78, 5) is 2.47. The molecule has 0 aliphatic heterocycles. The van der Waals surface area contributed by atoms with Gasteiger partial charge in [0.15, 0.2) is 0 Å². The summed E-state index contributed by atoms with van der Waals surface area (Å²) >= 11 is 6.16. The Kier molecular flexibility index (Phi) is 6.14. The highest BCUT2D eigenvalue weighted by atomic mass is 35.5. The lowest BCUT2D eigenvalue weighted by molar-refractivity contribution is 0.205. The van der Waals surface area contributed by atoms with Crippen molar-refractivity contribution in [3.8, 4) is 0 Å². The minimum absolute atomic E-state index is 0.677. The average Bonchev–Trinajstić information content (AvgIpc) is 3.26. The summed E-state index contributed by atoms with van der Waals surface area (Å²) in [5.41, 5.74) is 2.59. The third-order valence-electron chi connectivity index (χ3n) is 3.62. The van der Waals surface area contributed by atoms with Gasteiger partial charge in [0.25, 0.3) is 0 Å². The minimum Gasteiger partial charge on any atom is -0.383 e. The highest BCUT2D eigenvalue weighted by Gasteiger charge is 2.30. The molecule has 0 unspecified atom stereocenters. The van der Waals surface area contributed by atoms with Gasteiger partial charge in [-0.3, -0.25) is 0 Å². The second kappa shape index (κ2) is 7.87. The number of methoxy groups -OCH3 is 1. The van der Waals surface area contributed by atoms with E-state index in [0.29, 0.717) is 6.04 Å². The van der Waals surface area contributed by atoms with Gasteiger partial charge in [0, 0.05) is 37.0 Å². The van der Waals surface area contributed by atoms with Gasteiger partial charge < -0.3 is 15.0 Å². The fraction of sp³-hybridized carbons (Fsp3) is 0.625. The van der Waals surface area contributed by atoms with E-state index in [9.17, 15) is 0 Å². The molecule has 1 fully saturated rings. The number of hydrogen-bond donors (Lipinski definition) is 1. The number of nitrogens with one attached hydrogen (secondary N) is 1. The van der Waals surface area contributed by atoms with Crippen molar-refractivity contribution in [3.63, 3.8) is 0 Å². The maximum Gasteiger partial charge on any atom is 0.0637 e. The Bertz CT molecular complexity index is 421. The van der Waals surface area contributed by atoms with Crippen LogP contribution in [0, 0.1) is 0 Å². The SMILES string of the molecule is CCCNCc1cc(Cl)ccc1N(CCOC)C1CC1. The van der Waals surface area contributed by atoms with Crippen LogP contribution in [0.3, 0.4) is 0 Å². The van der Waals surface area contributed by atoms with Gasteiger partial charge in [-0.05, 0) is 49.6 Å². The topological polar surface area (TPSA) is 24.5 Å². The molecule has 2 rings (SSSR count). The second-order valence-corrected chi connectivity index (χ2v) is 5.80. The average molecular weight is 297 g/mol. The highest BCUT2D eigenvalue weighted by Crippen LogP contribution is 2.34. The van der Waals surface area contributed by atoms with Crippen LogP contribution in [0.1, 0.15) is 31.7 Å². The van der Waals surface area contributed by atoms with E-state index >= 15 is 0 Å². The lowest BCUT2D eigenvalue weighted by atomic mass is 10.1. The highest BCUT2D eigenvalue weighted by molar-refractivity contribution is 6.30. The van der Waals surface area contributed by atoms with Crippen molar-refractivity contribution < 1.29 is 4.74 Å². The van der Waals surface area contributed by atoms with Crippen molar-refractivity contribution >= 4 is 17.3 Å². The molecule has 0 saturated heterocycles. The van der Waals surface area contributed by atoms with Crippen molar-refractivity contribution in [2.75, 3.05) is 31.7 Å². The summed E-state index contributed by atoms with van der Waals surface area (Å²) in [6.45, 7) is 5.80. The molecule has 0 amide bonds. The van der Waals surface area contributed by atoms with Gasteiger partial charge in [-0.1, -0.05) is 18.5 Å². The van der Waals surface area contributed by atoms with E-state index in [4.69, 9.17) is 16.3 Å². The second-order valence-electron chi connectivity index (χ2n) is 5.37. The molecule has 1 saturated carbocycles. The quantitative estimate of drug-likeness (QED) is 0.706. The van der Waals surface area contributed by atoms with Crippen LogP contribution in [0.2, 0.25) is 5.02 Å². The van der Waals surface area contributed by atoms with Crippen LogP contribution in [0.4, 0.5) is 5.69 Å². The summed E-state index contributed by atoms with van der Waals surface area (Å²) in [6, 6.07) is 6.90. The Morgan fingerprint density at radius 2 is 2.20 bits per heavy atom. The summed E-state index contributed by atoms with van der Waals surface area (Å²) in [7, 11) is 1.76. The zero-order valence-electron chi connectivity index (χ0n) is 12.5. The third-order valence-corrected chi connectivity index (χ3v) is 3.85. The molecule has 112 valence electrons. The molecule has 0 atom stereocenters. The molecule has 1 aliphatic carbocycles. The fourth-order valence-electron chi connectivity index (χ4n) is 2.45. The molecule has 1 N–H and O–H groups in total. The molecule has 4 heteroatoms. The van der Waals surface area contributed by atoms with Crippen LogP contribution in [-0.2, 0) is 11.3 Å². The number of hydrogen-bond acceptors (Lipinski definition) is 3. The molecular weight excluding hydrogens is 272 g/mol. The maximum absolute atomic E-state index is 6.16. The first-order valence-corrected chi connectivity index (χ1v) is 7.88. The lowest BCUT2D eigenvalue weighted by Crippen LogP contribution is -2.31. The van der Waals surface area contributed by atoms with Crippen molar-refractivity contribution in [2.24, 2.45) is 0 Å². The summed E-state index contributed by atoms with van der Waals surface area (Å²) in [5, 5.41) is 4.28. The van der Waals surface area contributed by atoms with E-state index < -0.39 is 0 Å². The lowest BCUT2D eigenvalue weighted by Gasteiger charge is -2.27. The molecule has 0 radical (unpaired) electrons. The van der Waals surface area contributed by atoms with E-state index in [1.807, 2.05) is 6.07 Å². The molecule has 0 spiro atoms. The fourth-order valence-corrected chi connectivity index (χ4v) is 2.65. The first-order chi connectivity index (χ1) is 9.76. The number of benzene rings is 1. The van der Waals surface area contributed by atoms with E-state index in [2.05, 4.69) is 29.3 Å². The van der Waals surface area contributed by atoms with Gasteiger partial charge >= 0.3 is 0 Å². The van der Waals surface area contributed by atoms with E-state index in [1.165, 1.54) is 24.1 Å². The molecule has 1 aliphatic rings. The van der Waals surface area contributed by atoms with Gasteiger partial charge in [-0.2, -0.15) is 0 Å². The number of ether oxygens (including phenoxy) is 1. The van der Waals surface area contributed by atoms with Crippen LogP contribution in [0.5, 0.6) is 0 Å². The van der Waals surface area contributed by atoms with Crippen LogP contribution in [0.25, 0.3) is 0 Å². The summed E-state index contributed by atoms with van der Waals surface area (Å²) in [6.07, 6.45) is 3.72. The van der Waals surface area contributed by atoms with Crippen molar-refractivity contribution in [2.45, 2.75) is 38.8 Å². The Balaban J connectivity index is 2.14. The Labute approximate surface area is 127 Å². The zero-order chi connectivity index (χ0) is 14.4. The number of nitrogens with zero attached hydrogens (tertiary/aromatic N) is 1. The molecule has 3 nitrogen and oxygen atoms in total. The van der Waals surface area contributed by atoms with Crippen molar-refractivity contribution in [3.05, 3.63) is 28.8 Å². The summed E-state index contributed by atoms with van der Waals surface area (Å²) in [5.74, 6) is 0. The van der Waals surface area contributed by atoms with Gasteiger partial charge in [-0.15, -0.1) is 0 Å². The van der Waals surface area contributed by atoms with Crippen molar-refractivity contribution in [1.29, 1.82) is 0 Å². The number of anilines is 1. The normalized spacial score (nSPS) is 14.6. The van der Waals surface area contributed by atoms with Crippen molar-refractivity contribution in [1.82, 2.24) is 5.32 Å². The molecule has 0 bridgehead atoms. The number of rotatable bonds is 9. The van der Waals surface area contributed by atoms with Crippen LogP contribution < -0.4 is 10.2 Å². The largest absolute Gasteiger partial charge is 0.383 e. The van der Waals surface area contributed by atoms with Gasteiger partial charge in [-0.25, -0.2) is 0 Å². The van der Waals surface area contributed by atoms with E-state index in [0.717, 1.165) is 37.7 Å². The minimum atomic E-state index is 0.677. The van der Waals surface area contributed by atoms with Crippen LogP contribution in [0.15, 0.2) is 18.2 Å². The predicted molar refractivity (Wildman–Crippen MR) is 85.7 cm³/mol. The monoisotopic (exact) mass is 296 g/mol. The molecule has 1 aromatic rings. The standard InChI is InChI=1S/C16H25ClN2O/c1-3-8-18-12-13-11-14(17)4-7-16(13)19(9-10-20-2)15-5-6-15/h4,7,11,15,18H,3,5-6,8-10,12H2,1-2H3. The van der Waals surface area contributed by atoms with Gasteiger partial charge in [0.2, 0.25) is 0 Å². The smallest absolute Gasteiger partial charge is 0.0637 e. The summed E-state index contributed by atoms with van der Waals surface area (Å²) < 4.78 is 5.25. The van der Waals surface area contributed by atoms with Gasteiger partial charge in [0.05, 0.1) is 6.61 Å². The van der Waals surface area contributed by atoms with Gasteiger partial charge in [0.1, 0.15) is 0 Å². The number of halogens is 1. The molecule has 1 aromatic carbocycles. The Hall–Kier alpha value is -0.770. The van der Waals surface area contributed by atoms with E-state index in [1.54, 1.807) is 7.11 Å². The van der Waals surface area contributed by atoms with Crippen LogP contribution >= 0.6 is 11.6 Å². The molecule has 20 heavy (non-hydrogen) atoms. The molecular formula is C16H25ClN2O. The third kappa shape index (κ3) is 4.37. The molecule has 0 heterocycles. The van der Waals surface area contributed by atoms with E-state index in [-0.39, 0.29) is 0 Å².